The predicted molar refractivity (Wildman–Crippen MR) is 83.2 cm³/mol. The van der Waals surface area contributed by atoms with Crippen LogP contribution in [0.15, 0.2) is 30.3 Å². The summed E-state index contributed by atoms with van der Waals surface area (Å²) < 4.78 is 5.99. The maximum absolute atomic E-state index is 12.5. The van der Waals surface area contributed by atoms with Crippen LogP contribution in [0.25, 0.3) is 0 Å². The zero-order chi connectivity index (χ0) is 14.5. The van der Waals surface area contributed by atoms with Crippen molar-refractivity contribution in [3.8, 4) is 5.75 Å². The largest absolute Gasteiger partial charge is 0.490 e. The van der Waals surface area contributed by atoms with Crippen LogP contribution in [-0.2, 0) is 4.79 Å². The predicted octanol–water partition coefficient (Wildman–Crippen LogP) is 3.64. The number of amides is 1. The fraction of sp³-hybridized carbons (Fsp3) is 0.611. The number of nitrogens with zero attached hydrogens (tertiary/aromatic N) is 1. The van der Waals surface area contributed by atoms with Gasteiger partial charge in [0.25, 0.3) is 0 Å². The van der Waals surface area contributed by atoms with Gasteiger partial charge in [0.2, 0.25) is 5.91 Å². The maximum Gasteiger partial charge on any atom is 0.225 e. The highest BCUT2D eigenvalue weighted by Gasteiger charge is 2.29. The first kappa shape index (κ1) is 14.4. The second kappa shape index (κ2) is 6.97. The Hall–Kier alpha value is -1.51. The van der Waals surface area contributed by atoms with Gasteiger partial charge in [0.1, 0.15) is 11.9 Å². The molecule has 1 saturated carbocycles. The number of hydrogen-bond acceptors (Lipinski definition) is 2. The topological polar surface area (TPSA) is 29.5 Å². The Morgan fingerprint density at radius 1 is 0.952 bits per heavy atom. The summed E-state index contributed by atoms with van der Waals surface area (Å²) in [4.78, 5) is 14.6. The Morgan fingerprint density at radius 3 is 2.29 bits per heavy atom. The van der Waals surface area contributed by atoms with Crippen molar-refractivity contribution in [3.05, 3.63) is 30.3 Å². The monoisotopic (exact) mass is 287 g/mol. The molecular weight excluding hydrogens is 262 g/mol. The fourth-order valence-electron chi connectivity index (χ4n) is 3.49. The van der Waals surface area contributed by atoms with E-state index in [9.17, 15) is 4.79 Å². The van der Waals surface area contributed by atoms with E-state index in [4.69, 9.17) is 4.74 Å². The normalized spacial score (nSPS) is 21.2. The molecule has 114 valence electrons. The molecular formula is C18H25NO2. The van der Waals surface area contributed by atoms with Gasteiger partial charge in [-0.05, 0) is 25.0 Å². The Morgan fingerprint density at radius 2 is 1.62 bits per heavy atom. The van der Waals surface area contributed by atoms with Gasteiger partial charge in [0, 0.05) is 31.8 Å². The Kier molecular flexibility index (Phi) is 4.79. The second-order valence-electron chi connectivity index (χ2n) is 6.29. The lowest BCUT2D eigenvalue weighted by Crippen LogP contribution is -2.44. The van der Waals surface area contributed by atoms with Crippen molar-refractivity contribution in [2.45, 2.75) is 51.0 Å². The first-order valence-corrected chi connectivity index (χ1v) is 8.33. The molecule has 1 aliphatic heterocycles. The summed E-state index contributed by atoms with van der Waals surface area (Å²) in [5.41, 5.74) is 0. The van der Waals surface area contributed by atoms with E-state index in [2.05, 4.69) is 4.90 Å². The zero-order valence-corrected chi connectivity index (χ0v) is 12.7. The molecule has 0 aromatic heterocycles. The van der Waals surface area contributed by atoms with Gasteiger partial charge in [-0.2, -0.15) is 0 Å². The van der Waals surface area contributed by atoms with Crippen LogP contribution >= 0.6 is 0 Å². The highest BCUT2D eigenvalue weighted by Crippen LogP contribution is 2.27. The van der Waals surface area contributed by atoms with Gasteiger partial charge in [-0.3, -0.25) is 4.79 Å². The van der Waals surface area contributed by atoms with Crippen molar-refractivity contribution in [3.63, 3.8) is 0 Å². The molecule has 3 rings (SSSR count). The molecule has 2 fully saturated rings. The van der Waals surface area contributed by atoms with E-state index in [1.807, 2.05) is 30.3 Å². The number of rotatable bonds is 3. The van der Waals surface area contributed by atoms with E-state index in [1.165, 1.54) is 19.3 Å². The van der Waals surface area contributed by atoms with Gasteiger partial charge in [-0.25, -0.2) is 0 Å². The third-order valence-corrected chi connectivity index (χ3v) is 4.75. The van der Waals surface area contributed by atoms with Crippen LogP contribution in [0.5, 0.6) is 5.75 Å². The Bertz CT molecular complexity index is 446. The molecule has 0 unspecified atom stereocenters. The number of likely N-dealkylation sites (tertiary alicyclic amines) is 1. The van der Waals surface area contributed by atoms with Crippen molar-refractivity contribution in [1.29, 1.82) is 0 Å². The van der Waals surface area contributed by atoms with Crippen LogP contribution < -0.4 is 4.74 Å². The maximum atomic E-state index is 12.5. The van der Waals surface area contributed by atoms with Crippen LogP contribution in [0.2, 0.25) is 0 Å². The van der Waals surface area contributed by atoms with Crippen LogP contribution in [0.4, 0.5) is 0 Å². The minimum Gasteiger partial charge on any atom is -0.490 e. The molecule has 0 atom stereocenters. The standard InChI is InChI=1S/C18H25NO2/c20-18(15-7-3-1-4-8-15)19-13-11-17(12-14-19)21-16-9-5-2-6-10-16/h2,5-6,9-10,15,17H,1,3-4,7-8,11-14H2. The number of carbonyl (C=O) groups excluding carboxylic acids is 1. The molecule has 1 saturated heterocycles. The molecule has 1 heterocycles. The lowest BCUT2D eigenvalue weighted by atomic mass is 9.88. The number of benzene rings is 1. The van der Waals surface area contributed by atoms with Gasteiger partial charge in [0.15, 0.2) is 0 Å². The number of piperidine rings is 1. The van der Waals surface area contributed by atoms with Crippen molar-refractivity contribution in [1.82, 2.24) is 4.90 Å². The molecule has 21 heavy (non-hydrogen) atoms. The molecule has 2 aliphatic rings. The summed E-state index contributed by atoms with van der Waals surface area (Å²) >= 11 is 0. The molecule has 0 spiro atoms. The first-order valence-electron chi connectivity index (χ1n) is 8.33. The Labute approximate surface area is 127 Å². The Balaban J connectivity index is 1.47. The highest BCUT2D eigenvalue weighted by molar-refractivity contribution is 5.79. The van der Waals surface area contributed by atoms with E-state index in [1.54, 1.807) is 0 Å². The summed E-state index contributed by atoms with van der Waals surface area (Å²) in [6.45, 7) is 1.71. The average molecular weight is 287 g/mol. The van der Waals surface area contributed by atoms with E-state index in [0.717, 1.165) is 44.5 Å². The molecule has 1 aliphatic carbocycles. The minimum atomic E-state index is 0.253. The third kappa shape index (κ3) is 3.78. The number of ether oxygens (including phenoxy) is 1. The quantitative estimate of drug-likeness (QED) is 0.849. The third-order valence-electron chi connectivity index (χ3n) is 4.75. The van der Waals surface area contributed by atoms with E-state index < -0.39 is 0 Å². The summed E-state index contributed by atoms with van der Waals surface area (Å²) in [7, 11) is 0. The molecule has 1 amide bonds. The van der Waals surface area contributed by atoms with Gasteiger partial charge in [0.05, 0.1) is 0 Å². The van der Waals surface area contributed by atoms with Gasteiger partial charge in [-0.15, -0.1) is 0 Å². The molecule has 1 aromatic rings. The first-order chi connectivity index (χ1) is 10.3. The van der Waals surface area contributed by atoms with Crippen molar-refractivity contribution in [2.75, 3.05) is 13.1 Å². The molecule has 0 radical (unpaired) electrons. The summed E-state index contributed by atoms with van der Waals surface area (Å²) in [6, 6.07) is 9.99. The van der Waals surface area contributed by atoms with Crippen LogP contribution in [0, 0.1) is 5.92 Å². The van der Waals surface area contributed by atoms with Crippen LogP contribution in [-0.4, -0.2) is 30.0 Å². The number of hydrogen-bond donors (Lipinski definition) is 0. The van der Waals surface area contributed by atoms with Crippen molar-refractivity contribution < 1.29 is 9.53 Å². The summed E-state index contributed by atoms with van der Waals surface area (Å²) in [5, 5.41) is 0. The molecule has 0 N–H and O–H groups in total. The smallest absolute Gasteiger partial charge is 0.225 e. The van der Waals surface area contributed by atoms with Crippen molar-refractivity contribution in [2.24, 2.45) is 5.92 Å². The minimum absolute atomic E-state index is 0.253. The molecule has 3 nitrogen and oxygen atoms in total. The van der Waals surface area contributed by atoms with E-state index >= 15 is 0 Å². The van der Waals surface area contributed by atoms with E-state index in [-0.39, 0.29) is 6.10 Å². The van der Waals surface area contributed by atoms with Crippen LogP contribution in [0.1, 0.15) is 44.9 Å². The summed E-state index contributed by atoms with van der Waals surface area (Å²) in [5.74, 6) is 1.63. The van der Waals surface area contributed by atoms with Crippen LogP contribution in [0.3, 0.4) is 0 Å². The fourth-order valence-corrected chi connectivity index (χ4v) is 3.49. The number of carbonyl (C=O) groups is 1. The number of para-hydroxylation sites is 1. The van der Waals surface area contributed by atoms with Gasteiger partial charge in [-0.1, -0.05) is 37.5 Å². The van der Waals surface area contributed by atoms with E-state index in [0.29, 0.717) is 11.8 Å². The molecule has 3 heteroatoms. The van der Waals surface area contributed by atoms with Gasteiger partial charge < -0.3 is 9.64 Å². The SMILES string of the molecule is O=C(C1CCCCC1)N1CCC(Oc2ccccc2)CC1. The zero-order valence-electron chi connectivity index (χ0n) is 12.7. The molecule has 1 aromatic carbocycles. The lowest BCUT2D eigenvalue weighted by molar-refractivity contribution is -0.138. The van der Waals surface area contributed by atoms with Crippen molar-refractivity contribution >= 4 is 5.91 Å². The molecule has 0 bridgehead atoms. The highest BCUT2D eigenvalue weighted by atomic mass is 16.5. The lowest BCUT2D eigenvalue weighted by Gasteiger charge is -2.35. The summed E-state index contributed by atoms with van der Waals surface area (Å²) in [6.07, 6.45) is 8.10. The second-order valence-corrected chi connectivity index (χ2v) is 6.29. The van der Waals surface area contributed by atoms with Gasteiger partial charge >= 0.3 is 0 Å². The average Bonchev–Trinajstić information content (AvgIpc) is 2.57.